The molecule has 1 aliphatic carbocycles. The van der Waals surface area contributed by atoms with E-state index >= 15 is 0 Å². The third kappa shape index (κ3) is 4.21. The molecule has 0 unspecified atom stereocenters. The zero-order valence-corrected chi connectivity index (χ0v) is 17.2. The van der Waals surface area contributed by atoms with Crippen molar-refractivity contribution < 1.29 is 4.42 Å². The van der Waals surface area contributed by atoms with Crippen LogP contribution in [-0.4, -0.2) is 37.5 Å². The van der Waals surface area contributed by atoms with Gasteiger partial charge < -0.3 is 4.42 Å². The van der Waals surface area contributed by atoms with Gasteiger partial charge in [-0.2, -0.15) is 0 Å². The van der Waals surface area contributed by atoms with Crippen LogP contribution in [0.15, 0.2) is 46.1 Å². The van der Waals surface area contributed by atoms with Crippen LogP contribution in [0.5, 0.6) is 0 Å². The van der Waals surface area contributed by atoms with Crippen LogP contribution >= 0.6 is 0 Å². The Bertz CT molecular complexity index is 1030. The molecule has 156 valence electrons. The molecule has 1 fully saturated rings. The van der Waals surface area contributed by atoms with Gasteiger partial charge in [-0.1, -0.05) is 0 Å². The first-order chi connectivity index (χ1) is 14.7. The van der Waals surface area contributed by atoms with E-state index in [2.05, 4.69) is 14.9 Å². The Morgan fingerprint density at radius 2 is 1.90 bits per heavy atom. The number of aromatic nitrogens is 4. The highest BCUT2D eigenvalue weighted by molar-refractivity contribution is 5.57. The molecule has 0 atom stereocenters. The SMILES string of the molecule is O=c1cc(-c2ccncc2)ncn1CC1CCN(Cc2nc3c(o2)CCCC3)CC1. The summed E-state index contributed by atoms with van der Waals surface area (Å²) in [5.74, 6) is 2.46. The lowest BCUT2D eigenvalue weighted by Gasteiger charge is -2.31. The number of fused-ring (bicyclic) bond motifs is 1. The van der Waals surface area contributed by atoms with Gasteiger partial charge in [0, 0.05) is 37.0 Å². The molecule has 1 saturated heterocycles. The molecule has 3 aromatic heterocycles. The van der Waals surface area contributed by atoms with Gasteiger partial charge in [0.2, 0.25) is 5.89 Å². The third-order valence-corrected chi connectivity index (χ3v) is 6.27. The molecule has 0 aromatic carbocycles. The Labute approximate surface area is 175 Å². The molecule has 1 aliphatic heterocycles. The number of likely N-dealkylation sites (tertiary alicyclic amines) is 1. The van der Waals surface area contributed by atoms with Gasteiger partial charge in [-0.05, 0) is 63.2 Å². The fraction of sp³-hybridized carbons (Fsp3) is 0.478. The number of hydrogen-bond donors (Lipinski definition) is 0. The number of oxazole rings is 1. The second-order valence-electron chi connectivity index (χ2n) is 8.40. The third-order valence-electron chi connectivity index (χ3n) is 6.27. The highest BCUT2D eigenvalue weighted by Crippen LogP contribution is 2.24. The van der Waals surface area contributed by atoms with E-state index in [0.717, 1.165) is 69.1 Å². The highest BCUT2D eigenvalue weighted by atomic mass is 16.4. The molecule has 5 rings (SSSR count). The van der Waals surface area contributed by atoms with Crippen molar-refractivity contribution in [3.63, 3.8) is 0 Å². The summed E-state index contributed by atoms with van der Waals surface area (Å²) >= 11 is 0. The summed E-state index contributed by atoms with van der Waals surface area (Å²) in [5.41, 5.74) is 2.79. The number of nitrogens with zero attached hydrogens (tertiary/aromatic N) is 5. The van der Waals surface area contributed by atoms with E-state index in [9.17, 15) is 4.79 Å². The number of piperidine rings is 1. The van der Waals surface area contributed by atoms with Crippen molar-refractivity contribution in [2.75, 3.05) is 13.1 Å². The summed E-state index contributed by atoms with van der Waals surface area (Å²) in [4.78, 5) is 28.2. The zero-order valence-electron chi connectivity index (χ0n) is 17.2. The largest absolute Gasteiger partial charge is 0.444 e. The van der Waals surface area contributed by atoms with Crippen LogP contribution in [0.3, 0.4) is 0 Å². The van der Waals surface area contributed by atoms with E-state index in [0.29, 0.717) is 11.6 Å². The zero-order chi connectivity index (χ0) is 20.3. The second-order valence-corrected chi connectivity index (χ2v) is 8.40. The van der Waals surface area contributed by atoms with Crippen molar-refractivity contribution >= 4 is 0 Å². The van der Waals surface area contributed by atoms with Crippen LogP contribution in [0.4, 0.5) is 0 Å². The summed E-state index contributed by atoms with van der Waals surface area (Å²) in [5, 5.41) is 0. The fourth-order valence-corrected chi connectivity index (χ4v) is 4.51. The first kappa shape index (κ1) is 19.2. The minimum atomic E-state index is 0.00427. The number of rotatable bonds is 5. The number of pyridine rings is 1. The average molecular weight is 406 g/mol. The Kier molecular flexibility index (Phi) is 5.45. The van der Waals surface area contributed by atoms with Gasteiger partial charge in [0.1, 0.15) is 5.76 Å². The Morgan fingerprint density at radius 3 is 2.67 bits per heavy atom. The average Bonchev–Trinajstić information content (AvgIpc) is 3.19. The first-order valence-electron chi connectivity index (χ1n) is 10.9. The van der Waals surface area contributed by atoms with E-state index < -0.39 is 0 Å². The van der Waals surface area contributed by atoms with Crippen LogP contribution in [0.1, 0.15) is 43.0 Å². The molecule has 7 heteroatoms. The molecule has 0 amide bonds. The van der Waals surface area contributed by atoms with Gasteiger partial charge in [0.15, 0.2) is 0 Å². The lowest BCUT2D eigenvalue weighted by Crippen LogP contribution is -2.36. The van der Waals surface area contributed by atoms with E-state index in [1.54, 1.807) is 29.4 Å². The molecule has 2 aliphatic rings. The molecular weight excluding hydrogens is 378 g/mol. The van der Waals surface area contributed by atoms with Crippen molar-refractivity contribution in [2.24, 2.45) is 5.92 Å². The number of hydrogen-bond acceptors (Lipinski definition) is 6. The van der Waals surface area contributed by atoms with Crippen molar-refractivity contribution in [3.05, 3.63) is 64.6 Å². The number of aryl methyl sites for hydroxylation is 2. The van der Waals surface area contributed by atoms with Gasteiger partial charge >= 0.3 is 0 Å². The van der Waals surface area contributed by atoms with Crippen LogP contribution < -0.4 is 5.56 Å². The molecule has 4 heterocycles. The van der Waals surface area contributed by atoms with Crippen LogP contribution in [0.25, 0.3) is 11.3 Å². The molecule has 0 N–H and O–H groups in total. The van der Waals surface area contributed by atoms with Gasteiger partial charge in [0.05, 0.1) is 24.3 Å². The molecule has 0 spiro atoms. The Morgan fingerprint density at radius 1 is 1.10 bits per heavy atom. The fourth-order valence-electron chi connectivity index (χ4n) is 4.51. The van der Waals surface area contributed by atoms with Crippen molar-refractivity contribution in [3.8, 4) is 11.3 Å². The van der Waals surface area contributed by atoms with Crippen LogP contribution in [-0.2, 0) is 25.9 Å². The van der Waals surface area contributed by atoms with E-state index in [-0.39, 0.29) is 5.56 Å². The second kappa shape index (κ2) is 8.52. The lowest BCUT2D eigenvalue weighted by atomic mass is 9.96. The normalized spacial score (nSPS) is 17.7. The van der Waals surface area contributed by atoms with E-state index in [4.69, 9.17) is 9.40 Å². The summed E-state index contributed by atoms with van der Waals surface area (Å²) in [7, 11) is 0. The summed E-state index contributed by atoms with van der Waals surface area (Å²) in [6.07, 6.45) is 11.8. The summed E-state index contributed by atoms with van der Waals surface area (Å²) < 4.78 is 7.73. The molecular formula is C23H27N5O2. The quantitative estimate of drug-likeness (QED) is 0.649. The van der Waals surface area contributed by atoms with Crippen molar-refractivity contribution in [1.82, 2.24) is 24.4 Å². The molecule has 3 aromatic rings. The van der Waals surface area contributed by atoms with Crippen molar-refractivity contribution in [1.29, 1.82) is 0 Å². The van der Waals surface area contributed by atoms with E-state index in [1.807, 2.05) is 12.1 Å². The lowest BCUT2D eigenvalue weighted by molar-refractivity contribution is 0.153. The maximum atomic E-state index is 12.6. The van der Waals surface area contributed by atoms with Crippen LogP contribution in [0, 0.1) is 5.92 Å². The Hall–Kier alpha value is -2.80. The molecule has 0 bridgehead atoms. The Balaban J connectivity index is 1.16. The molecule has 7 nitrogen and oxygen atoms in total. The standard InChI is InChI=1S/C23H27N5O2/c29-23-13-20(18-5-9-24-10-6-18)25-16-28(23)14-17-7-11-27(12-8-17)15-22-26-19-3-1-2-4-21(19)30-22/h5-6,9-10,13,16-17H,1-4,7-8,11-12,14-15H2. The summed E-state index contributed by atoms with van der Waals surface area (Å²) in [6, 6.07) is 5.35. The molecule has 0 saturated carbocycles. The topological polar surface area (TPSA) is 77.1 Å². The highest BCUT2D eigenvalue weighted by Gasteiger charge is 2.23. The minimum Gasteiger partial charge on any atom is -0.444 e. The van der Waals surface area contributed by atoms with Gasteiger partial charge in [-0.3, -0.25) is 19.2 Å². The predicted molar refractivity (Wildman–Crippen MR) is 113 cm³/mol. The first-order valence-corrected chi connectivity index (χ1v) is 10.9. The van der Waals surface area contributed by atoms with E-state index in [1.165, 1.54) is 18.5 Å². The summed E-state index contributed by atoms with van der Waals surface area (Å²) in [6.45, 7) is 3.54. The maximum Gasteiger partial charge on any atom is 0.253 e. The smallest absolute Gasteiger partial charge is 0.253 e. The van der Waals surface area contributed by atoms with Gasteiger partial charge in [-0.25, -0.2) is 9.97 Å². The minimum absolute atomic E-state index is 0.00427. The molecule has 30 heavy (non-hydrogen) atoms. The molecule has 0 radical (unpaired) electrons. The van der Waals surface area contributed by atoms with Crippen LogP contribution in [0.2, 0.25) is 0 Å². The van der Waals surface area contributed by atoms with Crippen molar-refractivity contribution in [2.45, 2.75) is 51.6 Å². The van der Waals surface area contributed by atoms with Gasteiger partial charge in [-0.15, -0.1) is 0 Å². The monoisotopic (exact) mass is 405 g/mol. The predicted octanol–water partition coefficient (Wildman–Crippen LogP) is 3.08. The maximum absolute atomic E-state index is 12.6. The van der Waals surface area contributed by atoms with Gasteiger partial charge in [0.25, 0.3) is 5.56 Å².